The molecule has 0 amide bonds. The van der Waals surface area contributed by atoms with E-state index in [0.29, 0.717) is 22.3 Å². The summed E-state index contributed by atoms with van der Waals surface area (Å²) in [6.07, 6.45) is -4.42. The number of Topliss-reactive ketones (excluding diaryl/α,β-unsaturated/α-hetero) is 1. The van der Waals surface area contributed by atoms with E-state index in [4.69, 9.17) is 4.74 Å². The minimum absolute atomic E-state index is 0.0196. The van der Waals surface area contributed by atoms with Crippen LogP contribution in [0.3, 0.4) is 0 Å². The maximum atomic E-state index is 13.0. The Bertz CT molecular complexity index is 1160. The molecule has 8 heteroatoms. The van der Waals surface area contributed by atoms with Crippen molar-refractivity contribution in [2.24, 2.45) is 11.8 Å². The average molecular weight is 473 g/mol. The van der Waals surface area contributed by atoms with E-state index in [0.717, 1.165) is 17.5 Å². The summed E-state index contributed by atoms with van der Waals surface area (Å²) in [5.41, 5.74) is 0.0950. The van der Waals surface area contributed by atoms with Gasteiger partial charge in [-0.3, -0.25) is 9.59 Å². The number of halogens is 3. The molecule has 0 fully saturated rings. The third-order valence-electron chi connectivity index (χ3n) is 5.62. The number of ketones is 1. The van der Waals surface area contributed by atoms with E-state index >= 15 is 0 Å². The highest BCUT2D eigenvalue weighted by Gasteiger charge is 2.30. The zero-order valence-corrected chi connectivity index (χ0v) is 18.9. The van der Waals surface area contributed by atoms with Gasteiger partial charge in [-0.15, -0.1) is 0 Å². The standard InChI is InChI=1S/C26H26F3NO4/c1-16(2)22(25(32)33)13-30-14-23(31)21-12-9-18-5-3-4-6-20(18)24(21)34-15-17-7-10-19(11-8-17)26(27,28)29/h3-12,16,22,30H,13-15H2,1-2H3,(H,32,33). The first-order chi connectivity index (χ1) is 16.1. The summed E-state index contributed by atoms with van der Waals surface area (Å²) >= 11 is 0. The van der Waals surface area contributed by atoms with Gasteiger partial charge in [0.15, 0.2) is 5.78 Å². The fourth-order valence-electron chi connectivity index (χ4n) is 3.61. The van der Waals surface area contributed by atoms with Gasteiger partial charge in [-0.2, -0.15) is 13.2 Å². The fourth-order valence-corrected chi connectivity index (χ4v) is 3.61. The van der Waals surface area contributed by atoms with Crippen molar-refractivity contribution in [1.29, 1.82) is 0 Å². The molecule has 1 unspecified atom stereocenters. The number of fused-ring (bicyclic) bond motifs is 1. The van der Waals surface area contributed by atoms with E-state index in [1.807, 2.05) is 12.1 Å². The van der Waals surface area contributed by atoms with Crippen LogP contribution in [0, 0.1) is 11.8 Å². The van der Waals surface area contributed by atoms with E-state index in [9.17, 15) is 27.9 Å². The molecule has 0 aromatic heterocycles. The van der Waals surface area contributed by atoms with Gasteiger partial charge in [0.05, 0.1) is 23.6 Å². The summed E-state index contributed by atoms with van der Waals surface area (Å²) in [4.78, 5) is 24.4. The lowest BCUT2D eigenvalue weighted by atomic mass is 9.96. The lowest BCUT2D eigenvalue weighted by Gasteiger charge is -2.17. The molecule has 5 nitrogen and oxygen atoms in total. The second kappa shape index (κ2) is 10.7. The normalized spacial score (nSPS) is 12.6. The minimum Gasteiger partial charge on any atom is -0.487 e. The zero-order chi connectivity index (χ0) is 24.9. The van der Waals surface area contributed by atoms with Gasteiger partial charge in [0.2, 0.25) is 0 Å². The van der Waals surface area contributed by atoms with Gasteiger partial charge < -0.3 is 15.2 Å². The van der Waals surface area contributed by atoms with Crippen molar-refractivity contribution in [3.8, 4) is 5.75 Å². The highest BCUT2D eigenvalue weighted by Crippen LogP contribution is 2.32. The molecule has 1 atom stereocenters. The summed E-state index contributed by atoms with van der Waals surface area (Å²) in [6, 6.07) is 15.4. The molecule has 180 valence electrons. The van der Waals surface area contributed by atoms with E-state index < -0.39 is 23.6 Å². The van der Waals surface area contributed by atoms with Crippen LogP contribution in [0.2, 0.25) is 0 Å². The molecule has 0 bridgehead atoms. The minimum atomic E-state index is -4.42. The number of benzene rings is 3. The van der Waals surface area contributed by atoms with Crippen molar-refractivity contribution < 1.29 is 32.6 Å². The fraction of sp³-hybridized carbons (Fsp3) is 0.308. The Morgan fingerprint density at radius 2 is 1.68 bits per heavy atom. The summed E-state index contributed by atoms with van der Waals surface area (Å²) in [5, 5.41) is 13.8. The number of carbonyl (C=O) groups excluding carboxylic acids is 1. The summed E-state index contributed by atoms with van der Waals surface area (Å²) in [7, 11) is 0. The molecule has 0 aliphatic carbocycles. The largest absolute Gasteiger partial charge is 0.487 e. The van der Waals surface area contributed by atoms with Gasteiger partial charge in [-0.25, -0.2) is 0 Å². The molecule has 0 radical (unpaired) electrons. The number of carbonyl (C=O) groups is 2. The molecular weight excluding hydrogens is 447 g/mol. The molecule has 0 aliphatic heterocycles. The Balaban J connectivity index is 1.80. The van der Waals surface area contributed by atoms with Gasteiger partial charge in [-0.05, 0) is 35.1 Å². The first kappa shape index (κ1) is 25.2. The third kappa shape index (κ3) is 6.14. The number of alkyl halides is 3. The van der Waals surface area contributed by atoms with E-state index in [1.165, 1.54) is 12.1 Å². The summed E-state index contributed by atoms with van der Waals surface area (Å²) < 4.78 is 44.4. The highest BCUT2D eigenvalue weighted by molar-refractivity contribution is 6.05. The smallest absolute Gasteiger partial charge is 0.416 e. The van der Waals surface area contributed by atoms with Crippen LogP contribution >= 0.6 is 0 Å². The summed E-state index contributed by atoms with van der Waals surface area (Å²) in [6.45, 7) is 3.66. The van der Waals surface area contributed by atoms with Crippen LogP contribution in [0.15, 0.2) is 60.7 Å². The molecule has 2 N–H and O–H groups in total. The van der Waals surface area contributed by atoms with Crippen LogP contribution in [0.1, 0.15) is 35.3 Å². The molecule has 3 aromatic rings. The molecule has 3 rings (SSSR count). The molecule has 3 aromatic carbocycles. The SMILES string of the molecule is CC(C)C(CNCC(=O)c1ccc2ccccc2c1OCc1ccc(C(F)(F)F)cc1)C(=O)O. The Labute approximate surface area is 195 Å². The van der Waals surface area contributed by atoms with Crippen LogP contribution in [-0.4, -0.2) is 29.9 Å². The molecular formula is C26H26F3NO4. The zero-order valence-electron chi connectivity index (χ0n) is 18.9. The highest BCUT2D eigenvalue weighted by atomic mass is 19.4. The molecule has 0 aliphatic rings. The molecule has 0 spiro atoms. The van der Waals surface area contributed by atoms with Crippen LogP contribution in [-0.2, 0) is 17.6 Å². The maximum absolute atomic E-state index is 13.0. The maximum Gasteiger partial charge on any atom is 0.416 e. The number of hydrogen-bond acceptors (Lipinski definition) is 4. The van der Waals surface area contributed by atoms with Gasteiger partial charge in [0, 0.05) is 11.9 Å². The second-order valence-corrected chi connectivity index (χ2v) is 8.39. The van der Waals surface area contributed by atoms with E-state index in [-0.39, 0.29) is 31.4 Å². The molecule has 0 saturated carbocycles. The van der Waals surface area contributed by atoms with E-state index in [1.54, 1.807) is 38.1 Å². The number of hydrogen-bond donors (Lipinski definition) is 2. The first-order valence-electron chi connectivity index (χ1n) is 10.9. The van der Waals surface area contributed by atoms with Crippen LogP contribution in [0.4, 0.5) is 13.2 Å². The average Bonchev–Trinajstić information content (AvgIpc) is 2.79. The van der Waals surface area contributed by atoms with Gasteiger partial charge in [0.1, 0.15) is 12.4 Å². The Hall–Kier alpha value is -3.39. The molecule has 0 heterocycles. The monoisotopic (exact) mass is 473 g/mol. The van der Waals surface area contributed by atoms with E-state index in [2.05, 4.69) is 5.32 Å². The van der Waals surface area contributed by atoms with Crippen LogP contribution in [0.25, 0.3) is 10.8 Å². The third-order valence-corrected chi connectivity index (χ3v) is 5.62. The number of carboxylic acid groups (broad SMARTS) is 1. The Morgan fingerprint density at radius 3 is 2.29 bits per heavy atom. The van der Waals surface area contributed by atoms with Gasteiger partial charge >= 0.3 is 12.1 Å². The predicted molar refractivity (Wildman–Crippen MR) is 123 cm³/mol. The lowest BCUT2D eigenvalue weighted by Crippen LogP contribution is -2.34. The van der Waals surface area contributed by atoms with Crippen LogP contribution in [0.5, 0.6) is 5.75 Å². The van der Waals surface area contributed by atoms with Crippen molar-refractivity contribution in [3.05, 3.63) is 77.4 Å². The number of aliphatic carboxylic acids is 1. The Kier molecular flexibility index (Phi) is 7.94. The number of rotatable bonds is 10. The lowest BCUT2D eigenvalue weighted by molar-refractivity contribution is -0.143. The number of nitrogens with one attached hydrogen (secondary N) is 1. The number of carboxylic acids is 1. The molecule has 34 heavy (non-hydrogen) atoms. The van der Waals surface area contributed by atoms with Crippen molar-refractivity contribution >= 4 is 22.5 Å². The summed E-state index contributed by atoms with van der Waals surface area (Å²) in [5.74, 6) is -1.59. The number of ether oxygens (including phenoxy) is 1. The van der Waals surface area contributed by atoms with Crippen LogP contribution < -0.4 is 10.1 Å². The second-order valence-electron chi connectivity index (χ2n) is 8.39. The van der Waals surface area contributed by atoms with Gasteiger partial charge in [-0.1, -0.05) is 56.3 Å². The van der Waals surface area contributed by atoms with Gasteiger partial charge in [0.25, 0.3) is 0 Å². The van der Waals surface area contributed by atoms with Crippen molar-refractivity contribution in [1.82, 2.24) is 5.32 Å². The first-order valence-corrected chi connectivity index (χ1v) is 10.9. The molecule has 0 saturated heterocycles. The Morgan fingerprint density at radius 1 is 1.00 bits per heavy atom. The topological polar surface area (TPSA) is 75.6 Å². The predicted octanol–water partition coefficient (Wildman–Crippen LogP) is 5.57. The quantitative estimate of drug-likeness (QED) is 0.377. The van der Waals surface area contributed by atoms with Crippen molar-refractivity contribution in [2.75, 3.05) is 13.1 Å². The van der Waals surface area contributed by atoms with Crippen molar-refractivity contribution in [3.63, 3.8) is 0 Å². The van der Waals surface area contributed by atoms with Crippen molar-refractivity contribution in [2.45, 2.75) is 26.6 Å².